The second-order valence-electron chi connectivity index (χ2n) is 5.26. The van der Waals surface area contributed by atoms with Gasteiger partial charge in [-0.15, -0.1) is 0 Å². The minimum atomic E-state index is -0.107. The predicted octanol–water partition coefficient (Wildman–Crippen LogP) is 3.65. The van der Waals surface area contributed by atoms with Crippen molar-refractivity contribution >= 4 is 12.0 Å². The van der Waals surface area contributed by atoms with Crippen LogP contribution in [0.3, 0.4) is 0 Å². The van der Waals surface area contributed by atoms with Crippen LogP contribution in [0.5, 0.6) is 5.75 Å². The number of benzene rings is 2. The molecule has 0 saturated carbocycles. The number of carbonyl (C=O) groups excluding carboxylic acids is 1. The van der Waals surface area contributed by atoms with E-state index in [0.717, 1.165) is 16.9 Å². The number of ether oxygens (including phenoxy) is 1. The van der Waals surface area contributed by atoms with Gasteiger partial charge in [0.05, 0.1) is 19.6 Å². The van der Waals surface area contributed by atoms with Gasteiger partial charge in [-0.2, -0.15) is 5.26 Å². The van der Waals surface area contributed by atoms with Crippen LogP contribution in [0.1, 0.15) is 17.5 Å². The molecule has 1 amide bonds. The molecule has 24 heavy (non-hydrogen) atoms. The Labute approximate surface area is 142 Å². The van der Waals surface area contributed by atoms with Crippen molar-refractivity contribution in [3.63, 3.8) is 0 Å². The van der Waals surface area contributed by atoms with Gasteiger partial charge in [0.1, 0.15) is 5.75 Å². The second kappa shape index (κ2) is 9.16. The molecule has 0 aromatic heterocycles. The van der Waals surface area contributed by atoms with Crippen LogP contribution in [0.2, 0.25) is 0 Å². The molecule has 4 heteroatoms. The molecule has 0 radical (unpaired) electrons. The van der Waals surface area contributed by atoms with Crippen molar-refractivity contribution < 1.29 is 9.53 Å². The maximum Gasteiger partial charge on any atom is 0.246 e. The molecule has 0 bridgehead atoms. The zero-order chi connectivity index (χ0) is 17.2. The fraction of sp³-hybridized carbons (Fsp3) is 0.200. The Kier molecular flexibility index (Phi) is 6.60. The van der Waals surface area contributed by atoms with E-state index in [1.807, 2.05) is 54.6 Å². The molecule has 0 aliphatic rings. The number of nitriles is 1. The lowest BCUT2D eigenvalue weighted by atomic mass is 10.2. The fourth-order valence-corrected chi connectivity index (χ4v) is 2.24. The molecule has 2 aromatic rings. The zero-order valence-corrected chi connectivity index (χ0v) is 13.7. The monoisotopic (exact) mass is 320 g/mol. The van der Waals surface area contributed by atoms with Crippen molar-refractivity contribution in [3.05, 3.63) is 71.8 Å². The Balaban J connectivity index is 2.05. The molecule has 0 saturated heterocycles. The standard InChI is InChI=1S/C20H20N2O2/c1-24-19-11-8-17(9-12-19)10-13-20(23)22(15-5-14-21)16-18-6-3-2-4-7-18/h2-4,6-13H,5,15-16H2,1H3/b13-10+. The number of carbonyl (C=O) groups is 1. The van der Waals surface area contributed by atoms with Crippen LogP contribution in [0.4, 0.5) is 0 Å². The molecule has 0 aliphatic heterocycles. The van der Waals surface area contributed by atoms with Crippen molar-refractivity contribution in [3.8, 4) is 11.8 Å². The first-order valence-electron chi connectivity index (χ1n) is 7.75. The van der Waals surface area contributed by atoms with Crippen molar-refractivity contribution in [2.75, 3.05) is 13.7 Å². The molecule has 0 fully saturated rings. The normalized spacial score (nSPS) is 10.3. The summed E-state index contributed by atoms with van der Waals surface area (Å²) in [4.78, 5) is 14.1. The van der Waals surface area contributed by atoms with Crippen molar-refractivity contribution in [2.45, 2.75) is 13.0 Å². The van der Waals surface area contributed by atoms with Crippen LogP contribution in [-0.4, -0.2) is 24.5 Å². The number of rotatable bonds is 7. The molecule has 2 aromatic carbocycles. The Morgan fingerprint density at radius 2 is 1.88 bits per heavy atom. The first kappa shape index (κ1) is 17.3. The van der Waals surface area contributed by atoms with Crippen molar-refractivity contribution in [1.82, 2.24) is 4.90 Å². The number of amides is 1. The van der Waals surface area contributed by atoms with Gasteiger partial charge in [-0.25, -0.2) is 0 Å². The highest BCUT2D eigenvalue weighted by molar-refractivity contribution is 5.91. The third-order valence-electron chi connectivity index (χ3n) is 3.56. The fourth-order valence-electron chi connectivity index (χ4n) is 2.24. The molecule has 0 spiro atoms. The summed E-state index contributed by atoms with van der Waals surface area (Å²) in [7, 11) is 1.62. The summed E-state index contributed by atoms with van der Waals surface area (Å²) in [6.07, 6.45) is 3.63. The van der Waals surface area contributed by atoms with Gasteiger partial charge in [0, 0.05) is 19.2 Å². The Morgan fingerprint density at radius 3 is 2.50 bits per heavy atom. The molecular formula is C20H20N2O2. The lowest BCUT2D eigenvalue weighted by molar-refractivity contribution is -0.126. The zero-order valence-electron chi connectivity index (χ0n) is 13.7. The van der Waals surface area contributed by atoms with Gasteiger partial charge in [-0.3, -0.25) is 4.79 Å². The molecule has 0 aliphatic carbocycles. The van der Waals surface area contributed by atoms with Crippen LogP contribution >= 0.6 is 0 Å². The molecule has 0 atom stereocenters. The van der Waals surface area contributed by atoms with Gasteiger partial charge in [0.15, 0.2) is 0 Å². The SMILES string of the molecule is COc1ccc(/C=C/C(=O)N(CCC#N)Cc2ccccc2)cc1. The van der Waals surface area contributed by atoms with E-state index in [1.54, 1.807) is 24.2 Å². The summed E-state index contributed by atoms with van der Waals surface area (Å²) in [6.45, 7) is 0.908. The van der Waals surface area contributed by atoms with Crippen LogP contribution in [-0.2, 0) is 11.3 Å². The number of hydrogen-bond acceptors (Lipinski definition) is 3. The van der Waals surface area contributed by atoms with E-state index in [-0.39, 0.29) is 5.91 Å². The van der Waals surface area contributed by atoms with Gasteiger partial charge in [0.2, 0.25) is 5.91 Å². The smallest absolute Gasteiger partial charge is 0.246 e. The topological polar surface area (TPSA) is 53.3 Å². The summed E-state index contributed by atoms with van der Waals surface area (Å²) in [5.74, 6) is 0.670. The van der Waals surface area contributed by atoms with E-state index in [2.05, 4.69) is 6.07 Å². The number of nitrogens with zero attached hydrogens (tertiary/aromatic N) is 2. The first-order chi connectivity index (χ1) is 11.7. The third-order valence-corrected chi connectivity index (χ3v) is 3.56. The highest BCUT2D eigenvalue weighted by Gasteiger charge is 2.10. The highest BCUT2D eigenvalue weighted by atomic mass is 16.5. The van der Waals surface area contributed by atoms with E-state index in [9.17, 15) is 4.79 Å². The minimum absolute atomic E-state index is 0.107. The summed E-state index contributed by atoms with van der Waals surface area (Å²) < 4.78 is 5.11. The first-order valence-corrected chi connectivity index (χ1v) is 7.75. The van der Waals surface area contributed by atoms with Gasteiger partial charge >= 0.3 is 0 Å². The van der Waals surface area contributed by atoms with E-state index in [4.69, 9.17) is 10.00 Å². The van der Waals surface area contributed by atoms with Crippen molar-refractivity contribution in [1.29, 1.82) is 5.26 Å². The molecule has 0 N–H and O–H groups in total. The Morgan fingerprint density at radius 1 is 1.17 bits per heavy atom. The molecule has 4 nitrogen and oxygen atoms in total. The Bertz CT molecular complexity index is 716. The van der Waals surface area contributed by atoms with Gasteiger partial charge < -0.3 is 9.64 Å². The molecule has 0 heterocycles. The van der Waals surface area contributed by atoms with Crippen LogP contribution in [0.15, 0.2) is 60.7 Å². The quantitative estimate of drug-likeness (QED) is 0.732. The molecule has 122 valence electrons. The van der Waals surface area contributed by atoms with Gasteiger partial charge in [-0.1, -0.05) is 42.5 Å². The predicted molar refractivity (Wildman–Crippen MR) is 94.1 cm³/mol. The van der Waals surface area contributed by atoms with Crippen molar-refractivity contribution in [2.24, 2.45) is 0 Å². The van der Waals surface area contributed by atoms with Crippen LogP contribution in [0, 0.1) is 11.3 Å². The van der Waals surface area contributed by atoms with Crippen LogP contribution < -0.4 is 4.74 Å². The molecule has 0 unspecified atom stereocenters. The lowest BCUT2D eigenvalue weighted by Gasteiger charge is -2.20. The number of hydrogen-bond donors (Lipinski definition) is 0. The molecular weight excluding hydrogens is 300 g/mol. The van der Waals surface area contributed by atoms with Gasteiger partial charge in [0.25, 0.3) is 0 Å². The summed E-state index contributed by atoms with van der Waals surface area (Å²) >= 11 is 0. The molecule has 2 rings (SSSR count). The van der Waals surface area contributed by atoms with E-state index in [0.29, 0.717) is 19.5 Å². The largest absolute Gasteiger partial charge is 0.497 e. The average molecular weight is 320 g/mol. The van der Waals surface area contributed by atoms with Crippen LogP contribution in [0.25, 0.3) is 6.08 Å². The maximum atomic E-state index is 12.5. The summed E-state index contributed by atoms with van der Waals surface area (Å²) in [6, 6.07) is 19.3. The lowest BCUT2D eigenvalue weighted by Crippen LogP contribution is -2.29. The number of methoxy groups -OCH3 is 1. The second-order valence-corrected chi connectivity index (χ2v) is 5.26. The van der Waals surface area contributed by atoms with E-state index >= 15 is 0 Å². The highest BCUT2D eigenvalue weighted by Crippen LogP contribution is 2.13. The Hall–Kier alpha value is -3.06. The minimum Gasteiger partial charge on any atom is -0.497 e. The average Bonchev–Trinajstić information content (AvgIpc) is 2.64. The summed E-state index contributed by atoms with van der Waals surface area (Å²) in [5, 5.41) is 8.80. The third kappa shape index (κ3) is 5.29. The van der Waals surface area contributed by atoms with E-state index in [1.165, 1.54) is 0 Å². The van der Waals surface area contributed by atoms with Gasteiger partial charge in [-0.05, 0) is 29.3 Å². The summed E-state index contributed by atoms with van der Waals surface area (Å²) in [5.41, 5.74) is 1.96. The maximum absolute atomic E-state index is 12.5. The van der Waals surface area contributed by atoms with E-state index < -0.39 is 0 Å².